The Morgan fingerprint density at radius 1 is 1.06 bits per heavy atom. The molecule has 1 unspecified atom stereocenters. The molecule has 1 saturated heterocycles. The van der Waals surface area contributed by atoms with Crippen LogP contribution in [-0.4, -0.2) is 69.1 Å². The molecule has 2 aromatic rings. The third-order valence-corrected chi connectivity index (χ3v) is 7.26. The Bertz CT molecular complexity index is 1020. The van der Waals surface area contributed by atoms with Gasteiger partial charge in [-0.25, -0.2) is 4.39 Å². The van der Waals surface area contributed by atoms with Gasteiger partial charge in [-0.1, -0.05) is 31.4 Å². The number of carbonyl (C=O) groups is 2. The molecule has 3 aliphatic rings. The molecule has 9 heteroatoms. The summed E-state index contributed by atoms with van der Waals surface area (Å²) in [7, 11) is 0. The summed E-state index contributed by atoms with van der Waals surface area (Å²) >= 11 is 0. The summed E-state index contributed by atoms with van der Waals surface area (Å²) in [6.07, 6.45) is 6.30. The summed E-state index contributed by atoms with van der Waals surface area (Å²) in [5, 5.41) is 11.7. The highest BCUT2D eigenvalue weighted by Gasteiger charge is 2.38. The number of nitrogens with one attached hydrogen (secondary N) is 1. The fourth-order valence-corrected chi connectivity index (χ4v) is 5.38. The Kier molecular flexibility index (Phi) is 6.39. The van der Waals surface area contributed by atoms with Gasteiger partial charge in [-0.15, -0.1) is 10.2 Å². The Hall–Kier alpha value is -2.81. The number of aromatic nitrogens is 3. The zero-order chi connectivity index (χ0) is 22.8. The summed E-state index contributed by atoms with van der Waals surface area (Å²) in [5.41, 5.74) is 0.672. The largest absolute Gasteiger partial charge is 0.349 e. The lowest BCUT2D eigenvalue weighted by molar-refractivity contribution is -0.134. The van der Waals surface area contributed by atoms with Gasteiger partial charge < -0.3 is 14.8 Å². The number of carbonyl (C=O) groups excluding carboxylic acids is 2. The summed E-state index contributed by atoms with van der Waals surface area (Å²) in [4.78, 5) is 29.9. The number of nitrogens with zero attached hydrogens (tertiary/aromatic N) is 5. The van der Waals surface area contributed by atoms with Crippen molar-refractivity contribution in [3.63, 3.8) is 0 Å². The molecule has 1 aliphatic carbocycles. The Morgan fingerprint density at radius 2 is 1.88 bits per heavy atom. The van der Waals surface area contributed by atoms with Crippen LogP contribution in [0.15, 0.2) is 24.3 Å². The Labute approximate surface area is 193 Å². The molecule has 3 heterocycles. The van der Waals surface area contributed by atoms with Crippen LogP contribution >= 0.6 is 0 Å². The van der Waals surface area contributed by atoms with E-state index in [9.17, 15) is 14.0 Å². The van der Waals surface area contributed by atoms with Gasteiger partial charge >= 0.3 is 0 Å². The van der Waals surface area contributed by atoms with E-state index in [1.54, 1.807) is 12.1 Å². The topological polar surface area (TPSA) is 83.4 Å². The highest BCUT2D eigenvalue weighted by molar-refractivity contribution is 5.90. The lowest BCUT2D eigenvalue weighted by atomic mass is 9.89. The van der Waals surface area contributed by atoms with Crippen LogP contribution in [0.25, 0.3) is 0 Å². The van der Waals surface area contributed by atoms with Crippen LogP contribution in [0.2, 0.25) is 0 Å². The molecule has 5 rings (SSSR count). The first-order chi connectivity index (χ1) is 16.1. The molecular formula is C24H31FN6O2. The first-order valence-corrected chi connectivity index (χ1v) is 12.1. The van der Waals surface area contributed by atoms with Crippen molar-refractivity contribution < 1.29 is 14.0 Å². The van der Waals surface area contributed by atoms with Gasteiger partial charge in [-0.3, -0.25) is 14.5 Å². The molecule has 1 aromatic carbocycles. The van der Waals surface area contributed by atoms with Crippen molar-refractivity contribution in [3.8, 4) is 0 Å². The molecule has 1 saturated carbocycles. The van der Waals surface area contributed by atoms with Crippen molar-refractivity contribution in [1.29, 1.82) is 0 Å². The number of amides is 2. The van der Waals surface area contributed by atoms with Gasteiger partial charge in [0.05, 0.1) is 12.5 Å². The Balaban J connectivity index is 1.24. The van der Waals surface area contributed by atoms with E-state index >= 15 is 0 Å². The molecule has 1 aromatic heterocycles. The van der Waals surface area contributed by atoms with E-state index in [2.05, 4.69) is 20.4 Å². The van der Waals surface area contributed by atoms with Crippen molar-refractivity contribution in [2.75, 3.05) is 32.7 Å². The van der Waals surface area contributed by atoms with Crippen molar-refractivity contribution >= 4 is 11.8 Å². The summed E-state index contributed by atoms with van der Waals surface area (Å²) < 4.78 is 15.4. The van der Waals surface area contributed by atoms with Crippen molar-refractivity contribution in [2.45, 2.75) is 51.1 Å². The van der Waals surface area contributed by atoms with Crippen LogP contribution in [0.5, 0.6) is 0 Å². The van der Waals surface area contributed by atoms with E-state index in [0.29, 0.717) is 43.5 Å². The van der Waals surface area contributed by atoms with E-state index in [0.717, 1.165) is 18.9 Å². The number of fused-ring (bicyclic) bond motifs is 3. The maximum absolute atomic E-state index is 13.5. The minimum Gasteiger partial charge on any atom is -0.349 e. The second-order valence-corrected chi connectivity index (χ2v) is 9.45. The minimum atomic E-state index is -0.334. The van der Waals surface area contributed by atoms with Crippen LogP contribution in [-0.2, 0) is 17.8 Å². The van der Waals surface area contributed by atoms with E-state index in [4.69, 9.17) is 0 Å². The zero-order valence-corrected chi connectivity index (χ0v) is 18.9. The van der Waals surface area contributed by atoms with Crippen LogP contribution < -0.4 is 5.32 Å². The SMILES string of the molecule is O=C(NCC1CCCCC1)c1nnc2n1CCN1CCN(C(=O)Cc3cccc(F)c3)CC21. The first-order valence-electron chi connectivity index (χ1n) is 12.1. The quantitative estimate of drug-likeness (QED) is 0.749. The molecule has 176 valence electrons. The average molecular weight is 455 g/mol. The summed E-state index contributed by atoms with van der Waals surface area (Å²) in [6.45, 7) is 4.03. The first kappa shape index (κ1) is 22.0. The van der Waals surface area contributed by atoms with Crippen molar-refractivity contribution in [1.82, 2.24) is 29.9 Å². The van der Waals surface area contributed by atoms with Crippen molar-refractivity contribution in [2.24, 2.45) is 5.92 Å². The predicted molar refractivity (Wildman–Crippen MR) is 120 cm³/mol. The predicted octanol–water partition coefficient (Wildman–Crippen LogP) is 2.17. The van der Waals surface area contributed by atoms with Gasteiger partial charge in [0.25, 0.3) is 5.91 Å². The number of benzene rings is 1. The van der Waals surface area contributed by atoms with E-state index in [1.165, 1.54) is 44.2 Å². The van der Waals surface area contributed by atoms with Gasteiger partial charge in [0, 0.05) is 39.3 Å². The standard InChI is InChI=1S/C24H31FN6O2/c25-19-8-4-7-18(13-19)14-21(32)30-10-9-29-11-12-31-22(20(29)16-30)27-28-23(31)24(33)26-15-17-5-2-1-3-6-17/h4,7-8,13,17,20H,1-3,5-6,9-12,14-16H2,(H,26,33). The van der Waals surface area contributed by atoms with E-state index in [-0.39, 0.29) is 30.1 Å². The summed E-state index contributed by atoms with van der Waals surface area (Å²) in [5.74, 6) is 1.14. The van der Waals surface area contributed by atoms with Crippen LogP contribution in [0.3, 0.4) is 0 Å². The van der Waals surface area contributed by atoms with Gasteiger partial charge in [-0.2, -0.15) is 0 Å². The molecule has 1 N–H and O–H groups in total. The number of rotatable bonds is 5. The van der Waals surface area contributed by atoms with E-state index in [1.807, 2.05) is 9.47 Å². The molecule has 2 amide bonds. The zero-order valence-electron chi connectivity index (χ0n) is 18.9. The van der Waals surface area contributed by atoms with Crippen LogP contribution in [0.4, 0.5) is 4.39 Å². The smallest absolute Gasteiger partial charge is 0.289 e. The van der Waals surface area contributed by atoms with Crippen LogP contribution in [0, 0.1) is 11.7 Å². The molecule has 33 heavy (non-hydrogen) atoms. The van der Waals surface area contributed by atoms with Gasteiger partial charge in [0.1, 0.15) is 5.82 Å². The molecule has 0 bridgehead atoms. The number of halogens is 1. The Morgan fingerprint density at radius 3 is 2.70 bits per heavy atom. The number of hydrogen-bond acceptors (Lipinski definition) is 5. The fourth-order valence-electron chi connectivity index (χ4n) is 5.38. The molecule has 2 aliphatic heterocycles. The molecule has 2 fully saturated rings. The second kappa shape index (κ2) is 9.59. The average Bonchev–Trinajstić information content (AvgIpc) is 3.28. The van der Waals surface area contributed by atoms with Gasteiger partial charge in [0.2, 0.25) is 11.7 Å². The molecular weight excluding hydrogens is 423 g/mol. The summed E-state index contributed by atoms with van der Waals surface area (Å²) in [6, 6.07) is 6.09. The van der Waals surface area contributed by atoms with Crippen LogP contribution in [0.1, 0.15) is 60.2 Å². The van der Waals surface area contributed by atoms with Gasteiger partial charge in [0.15, 0.2) is 5.82 Å². The maximum atomic E-state index is 13.5. The van der Waals surface area contributed by atoms with Crippen molar-refractivity contribution in [3.05, 3.63) is 47.3 Å². The third kappa shape index (κ3) is 4.78. The van der Waals surface area contributed by atoms with E-state index < -0.39 is 0 Å². The number of piperazine rings is 1. The fraction of sp³-hybridized carbons (Fsp3) is 0.583. The normalized spacial score (nSPS) is 21.4. The highest BCUT2D eigenvalue weighted by Crippen LogP contribution is 2.29. The lowest BCUT2D eigenvalue weighted by Crippen LogP contribution is -2.54. The highest BCUT2D eigenvalue weighted by atomic mass is 19.1. The molecule has 8 nitrogen and oxygen atoms in total. The third-order valence-electron chi connectivity index (χ3n) is 7.26. The van der Waals surface area contributed by atoms with Gasteiger partial charge in [-0.05, 0) is 36.5 Å². The molecule has 0 radical (unpaired) electrons. The number of hydrogen-bond donors (Lipinski definition) is 1. The minimum absolute atomic E-state index is 0.0256. The molecule has 0 spiro atoms. The lowest BCUT2D eigenvalue weighted by Gasteiger charge is -2.43. The molecule has 1 atom stereocenters. The monoisotopic (exact) mass is 454 g/mol. The second-order valence-electron chi connectivity index (χ2n) is 9.45. The maximum Gasteiger partial charge on any atom is 0.289 e.